The first kappa shape index (κ1) is 42.7. The molecule has 3 heterocycles. The molecule has 4 N–H and O–H groups in total. The number of Topliss-reactive ketones (excluding diaryl/α,β-unsaturated/α-hetero) is 2. The lowest BCUT2D eigenvalue weighted by Gasteiger charge is -2.26. The number of aliphatic hydroxyl groups is 4. The van der Waals surface area contributed by atoms with E-state index in [1.807, 2.05) is 13.8 Å². The number of carbonyl (C=O) groups is 3. The molecule has 10 nitrogen and oxygen atoms in total. The third kappa shape index (κ3) is 12.4. The van der Waals surface area contributed by atoms with E-state index in [9.17, 15) is 34.8 Å². The number of hydrogen-bond acceptors (Lipinski definition) is 10. The maximum atomic E-state index is 13.4. The van der Waals surface area contributed by atoms with E-state index in [0.717, 1.165) is 24.8 Å². The van der Waals surface area contributed by atoms with Crippen LogP contribution in [0.1, 0.15) is 106 Å². The molecule has 3 aliphatic rings. The highest BCUT2D eigenvalue weighted by molar-refractivity contribution is 5.88. The van der Waals surface area contributed by atoms with Gasteiger partial charge in [0, 0.05) is 31.1 Å². The van der Waals surface area contributed by atoms with E-state index in [-0.39, 0.29) is 48.7 Å². The van der Waals surface area contributed by atoms with E-state index in [2.05, 4.69) is 20.1 Å². The number of ketones is 2. The van der Waals surface area contributed by atoms with Gasteiger partial charge >= 0.3 is 5.97 Å². The van der Waals surface area contributed by atoms with Gasteiger partial charge in [0.15, 0.2) is 0 Å². The lowest BCUT2D eigenvalue weighted by Crippen LogP contribution is -2.38. The van der Waals surface area contributed by atoms with Gasteiger partial charge in [-0.15, -0.1) is 0 Å². The van der Waals surface area contributed by atoms with Crippen LogP contribution in [0.5, 0.6) is 0 Å². The average Bonchev–Trinajstić information content (AvgIpc) is 3.70. The van der Waals surface area contributed by atoms with Gasteiger partial charge in [0.2, 0.25) is 0 Å². The molecule has 4 bridgehead atoms. The highest BCUT2D eigenvalue weighted by Crippen LogP contribution is 2.34. The van der Waals surface area contributed by atoms with Crippen LogP contribution in [0.4, 0.5) is 0 Å². The van der Waals surface area contributed by atoms with Crippen LogP contribution in [0.25, 0.3) is 0 Å². The number of ether oxygens (including phenoxy) is 3. The van der Waals surface area contributed by atoms with Gasteiger partial charge in [-0.2, -0.15) is 0 Å². The molecule has 0 aromatic heterocycles. The minimum Gasteiger partial charge on any atom is -0.455 e. The van der Waals surface area contributed by atoms with Gasteiger partial charge in [0.05, 0.1) is 43.0 Å². The summed E-state index contributed by atoms with van der Waals surface area (Å²) in [6, 6.07) is 0. The zero-order chi connectivity index (χ0) is 38.0. The van der Waals surface area contributed by atoms with E-state index in [1.54, 1.807) is 45.1 Å². The largest absolute Gasteiger partial charge is 0.455 e. The van der Waals surface area contributed by atoms with Gasteiger partial charge < -0.3 is 34.6 Å². The predicted octanol–water partition coefficient (Wildman–Crippen LogP) is 5.42. The fraction of sp³-hybridized carbons (Fsp3) is 0.683. The van der Waals surface area contributed by atoms with Gasteiger partial charge in [0.1, 0.15) is 29.9 Å². The molecule has 10 heteroatoms. The molecule has 0 spiro atoms. The first-order chi connectivity index (χ1) is 24.0. The molecule has 2 fully saturated rings. The second kappa shape index (κ2) is 19.9. The Morgan fingerprint density at radius 1 is 1.00 bits per heavy atom. The zero-order valence-corrected chi connectivity index (χ0v) is 31.5. The number of cyclic esters (lactones) is 1. The number of allylic oxidation sites excluding steroid dienone is 2. The number of carbonyl (C=O) groups excluding carboxylic acids is 3. The van der Waals surface area contributed by atoms with Crippen LogP contribution in [-0.2, 0) is 28.6 Å². The molecule has 12 unspecified atom stereocenters. The molecule has 0 aromatic rings. The van der Waals surface area contributed by atoms with Crippen molar-refractivity contribution in [2.24, 2.45) is 17.8 Å². The van der Waals surface area contributed by atoms with Crippen LogP contribution in [0.2, 0.25) is 0 Å². The Morgan fingerprint density at radius 3 is 2.39 bits per heavy atom. The van der Waals surface area contributed by atoms with Crippen molar-refractivity contribution in [3.8, 4) is 0 Å². The van der Waals surface area contributed by atoms with Crippen LogP contribution < -0.4 is 0 Å². The monoisotopic (exact) mass is 714 g/mol. The van der Waals surface area contributed by atoms with E-state index >= 15 is 0 Å². The molecular formula is C41H62O10. The molecule has 0 aromatic carbocycles. The molecule has 0 aliphatic carbocycles. The minimum atomic E-state index is -1.36. The topological polar surface area (TPSA) is 160 Å². The van der Waals surface area contributed by atoms with Crippen LogP contribution in [0.3, 0.4) is 0 Å². The molecule has 12 atom stereocenters. The highest BCUT2D eigenvalue weighted by atomic mass is 16.6. The quantitative estimate of drug-likeness (QED) is 0.152. The first-order valence-electron chi connectivity index (χ1n) is 18.7. The van der Waals surface area contributed by atoms with Crippen molar-refractivity contribution in [2.75, 3.05) is 0 Å². The summed E-state index contributed by atoms with van der Waals surface area (Å²) in [7, 11) is 0. The van der Waals surface area contributed by atoms with Crippen molar-refractivity contribution in [3.05, 3.63) is 59.8 Å². The standard InChI is InChI=1S/C41H62O10/c1-9-10-12-23(2)39(46)24(3)13-11-14-34-35-16-15-31(49-35)20-30(42)18-26(5)32(43)21-33(44)29(8)25(4)17-28(7)40(47)41(48)37-19-27(6)36(50-37)22-38(45)51-34/h11,13-14,17,26-27,29,31,33-37,39-41,44,46-48H,2,7,9-10,12,15-16,18-22H2,1,3-6,8H3/b14-11+,24-13+,25-17+. The van der Waals surface area contributed by atoms with E-state index < -0.39 is 72.7 Å². The van der Waals surface area contributed by atoms with Crippen molar-refractivity contribution < 1.29 is 49.0 Å². The van der Waals surface area contributed by atoms with Crippen molar-refractivity contribution in [3.63, 3.8) is 0 Å². The summed E-state index contributed by atoms with van der Waals surface area (Å²) < 4.78 is 18.3. The number of hydrogen-bond donors (Lipinski definition) is 4. The second-order valence-electron chi connectivity index (χ2n) is 15.2. The van der Waals surface area contributed by atoms with Crippen LogP contribution >= 0.6 is 0 Å². The Hall–Kier alpha value is -2.73. The summed E-state index contributed by atoms with van der Waals surface area (Å²) in [5, 5.41) is 43.6. The lowest BCUT2D eigenvalue weighted by molar-refractivity contribution is -0.158. The second-order valence-corrected chi connectivity index (χ2v) is 15.2. The molecule has 0 radical (unpaired) electrons. The van der Waals surface area contributed by atoms with Crippen molar-refractivity contribution >= 4 is 17.5 Å². The maximum absolute atomic E-state index is 13.4. The average molecular weight is 715 g/mol. The van der Waals surface area contributed by atoms with Crippen LogP contribution in [-0.4, -0.2) is 92.9 Å². The Kier molecular flexibility index (Phi) is 16.7. The molecule has 286 valence electrons. The number of unbranched alkanes of at least 4 members (excludes halogenated alkanes) is 1. The normalized spacial score (nSPS) is 37.3. The molecule has 2 saturated heterocycles. The molecule has 0 saturated carbocycles. The predicted molar refractivity (Wildman–Crippen MR) is 196 cm³/mol. The van der Waals surface area contributed by atoms with Gasteiger partial charge in [-0.1, -0.05) is 71.1 Å². The van der Waals surface area contributed by atoms with Gasteiger partial charge in [-0.05, 0) is 74.7 Å². The van der Waals surface area contributed by atoms with Crippen LogP contribution in [0, 0.1) is 17.8 Å². The molecule has 0 amide bonds. The van der Waals surface area contributed by atoms with Gasteiger partial charge in [-0.3, -0.25) is 14.4 Å². The van der Waals surface area contributed by atoms with Crippen molar-refractivity contribution in [1.29, 1.82) is 0 Å². The third-order valence-electron chi connectivity index (χ3n) is 10.8. The van der Waals surface area contributed by atoms with Gasteiger partial charge in [0.25, 0.3) is 0 Å². The zero-order valence-electron chi connectivity index (χ0n) is 31.5. The van der Waals surface area contributed by atoms with Crippen LogP contribution in [0.15, 0.2) is 59.8 Å². The third-order valence-corrected chi connectivity index (χ3v) is 10.8. The Bertz CT molecular complexity index is 1330. The van der Waals surface area contributed by atoms with E-state index in [0.29, 0.717) is 30.4 Å². The van der Waals surface area contributed by atoms with Crippen molar-refractivity contribution in [2.45, 2.75) is 161 Å². The fourth-order valence-electron chi connectivity index (χ4n) is 7.01. The summed E-state index contributed by atoms with van der Waals surface area (Å²) >= 11 is 0. The summed E-state index contributed by atoms with van der Waals surface area (Å²) in [6.45, 7) is 19.0. The molecule has 51 heavy (non-hydrogen) atoms. The first-order valence-corrected chi connectivity index (χ1v) is 18.7. The van der Waals surface area contributed by atoms with Crippen molar-refractivity contribution in [1.82, 2.24) is 0 Å². The smallest absolute Gasteiger partial charge is 0.309 e. The fourth-order valence-corrected chi connectivity index (χ4v) is 7.01. The van der Waals surface area contributed by atoms with Gasteiger partial charge in [-0.25, -0.2) is 0 Å². The molecular weight excluding hydrogens is 652 g/mol. The van der Waals surface area contributed by atoms with E-state index in [1.165, 1.54) is 0 Å². The molecule has 3 aliphatic heterocycles. The summed E-state index contributed by atoms with van der Waals surface area (Å²) in [5.74, 6) is -2.02. The molecule has 3 rings (SSSR count). The lowest BCUT2D eigenvalue weighted by atomic mass is 9.87. The summed E-state index contributed by atoms with van der Waals surface area (Å²) in [6.07, 6.45) is 3.42. The Labute approximate surface area is 304 Å². The highest BCUT2D eigenvalue weighted by Gasteiger charge is 2.41. The van der Waals surface area contributed by atoms with E-state index in [4.69, 9.17) is 14.2 Å². The summed E-state index contributed by atoms with van der Waals surface area (Å²) in [4.78, 5) is 39.5. The number of esters is 1. The minimum absolute atomic E-state index is 0.0230. The maximum Gasteiger partial charge on any atom is 0.309 e. The Morgan fingerprint density at radius 2 is 1.71 bits per heavy atom. The number of fused-ring (bicyclic) bond motifs is 4. The Balaban J connectivity index is 1.85. The number of rotatable bonds is 7. The number of aliphatic hydroxyl groups excluding tert-OH is 4. The summed E-state index contributed by atoms with van der Waals surface area (Å²) in [5.41, 5.74) is 2.34. The SMILES string of the molecule is C=C(CCCC)C(O)/C(C)=C/C=C/C1OC(=O)CC2OC(CC2C)C(O)C(O)C(=C)/C=C(\C)C(C)C(O)CC(=O)C(C)CC(=O)CC2CCC1O2.